The van der Waals surface area contributed by atoms with Gasteiger partial charge in [0.05, 0.1) is 0 Å². The number of aromatic hydroxyl groups is 2. The van der Waals surface area contributed by atoms with Gasteiger partial charge in [-0.1, -0.05) is 18.7 Å². The lowest BCUT2D eigenvalue weighted by Gasteiger charge is -2.07. The minimum absolute atomic E-state index is 0.132. The van der Waals surface area contributed by atoms with Crippen LogP contribution in [0, 0.1) is 0 Å². The number of phenolic OH excluding ortho intramolecular Hbond substituents is 2. The van der Waals surface area contributed by atoms with Crippen LogP contribution in [-0.2, 0) is 11.2 Å². The minimum atomic E-state index is -0.209. The lowest BCUT2D eigenvalue weighted by atomic mass is 10.1. The molecular formula is C12H15NO3. The fourth-order valence-corrected chi connectivity index (χ4v) is 1.24. The van der Waals surface area contributed by atoms with Crippen LogP contribution in [0.4, 0.5) is 0 Å². The third-order valence-electron chi connectivity index (χ3n) is 2.17. The first kappa shape index (κ1) is 12.1. The second-order valence-corrected chi connectivity index (χ2v) is 3.57. The normalized spacial score (nSPS) is 9.81. The molecule has 3 N–H and O–H groups in total. The predicted molar refractivity (Wildman–Crippen MR) is 61.3 cm³/mol. The molecule has 86 valence electrons. The van der Waals surface area contributed by atoms with Gasteiger partial charge in [-0.15, -0.1) is 0 Å². The summed E-state index contributed by atoms with van der Waals surface area (Å²) in [4.78, 5) is 11.2. The number of phenols is 2. The van der Waals surface area contributed by atoms with E-state index in [0.717, 1.165) is 0 Å². The summed E-state index contributed by atoms with van der Waals surface area (Å²) in [5, 5.41) is 21.4. The van der Waals surface area contributed by atoms with Crippen molar-refractivity contribution in [2.24, 2.45) is 0 Å². The van der Waals surface area contributed by atoms with Gasteiger partial charge < -0.3 is 15.5 Å². The Morgan fingerprint density at radius 3 is 2.75 bits per heavy atom. The number of carbonyl (C=O) groups is 1. The fourth-order valence-electron chi connectivity index (χ4n) is 1.24. The van der Waals surface area contributed by atoms with E-state index in [1.54, 1.807) is 19.1 Å². The molecule has 0 aromatic heterocycles. The van der Waals surface area contributed by atoms with Crippen LogP contribution in [-0.4, -0.2) is 22.7 Å². The van der Waals surface area contributed by atoms with E-state index in [-0.39, 0.29) is 17.4 Å². The molecule has 0 aliphatic carbocycles. The van der Waals surface area contributed by atoms with E-state index in [2.05, 4.69) is 11.9 Å². The topological polar surface area (TPSA) is 69.6 Å². The largest absolute Gasteiger partial charge is 0.504 e. The maximum absolute atomic E-state index is 11.2. The van der Waals surface area contributed by atoms with Crippen molar-refractivity contribution < 1.29 is 15.0 Å². The Balaban J connectivity index is 2.52. The van der Waals surface area contributed by atoms with Crippen molar-refractivity contribution in [2.45, 2.75) is 13.3 Å². The Kier molecular flexibility index (Phi) is 3.94. The van der Waals surface area contributed by atoms with E-state index in [1.165, 1.54) is 6.07 Å². The fraction of sp³-hybridized carbons (Fsp3) is 0.250. The number of benzene rings is 1. The highest BCUT2D eigenvalue weighted by Crippen LogP contribution is 2.28. The van der Waals surface area contributed by atoms with Crippen LogP contribution in [0.25, 0.3) is 0 Å². The minimum Gasteiger partial charge on any atom is -0.504 e. The van der Waals surface area contributed by atoms with Crippen molar-refractivity contribution in [3.8, 4) is 11.5 Å². The van der Waals surface area contributed by atoms with Crippen molar-refractivity contribution in [1.82, 2.24) is 5.32 Å². The molecule has 4 nitrogen and oxygen atoms in total. The molecule has 1 amide bonds. The highest BCUT2D eigenvalue weighted by atomic mass is 16.3. The van der Waals surface area contributed by atoms with Crippen molar-refractivity contribution in [3.05, 3.63) is 35.9 Å². The van der Waals surface area contributed by atoms with Gasteiger partial charge in [-0.3, -0.25) is 4.79 Å². The van der Waals surface area contributed by atoms with Crippen molar-refractivity contribution in [3.63, 3.8) is 0 Å². The quantitative estimate of drug-likeness (QED) is 0.530. The highest BCUT2D eigenvalue weighted by molar-refractivity contribution is 5.92. The molecule has 0 saturated heterocycles. The molecule has 0 aliphatic rings. The van der Waals surface area contributed by atoms with E-state index in [4.69, 9.17) is 0 Å². The molecule has 1 rings (SSSR count). The Labute approximate surface area is 94.2 Å². The lowest BCUT2D eigenvalue weighted by Crippen LogP contribution is -2.25. The molecule has 1 aromatic carbocycles. The molecule has 0 spiro atoms. The summed E-state index contributed by atoms with van der Waals surface area (Å²) in [6.45, 7) is 5.53. The number of carbonyl (C=O) groups excluding carboxylic acids is 1. The second kappa shape index (κ2) is 5.21. The maximum Gasteiger partial charge on any atom is 0.246 e. The van der Waals surface area contributed by atoms with Crippen LogP contribution in [0.15, 0.2) is 30.4 Å². The molecule has 4 heteroatoms. The Morgan fingerprint density at radius 2 is 2.12 bits per heavy atom. The smallest absolute Gasteiger partial charge is 0.246 e. The summed E-state index contributed by atoms with van der Waals surface area (Å²) in [5.41, 5.74) is 1.04. The van der Waals surface area contributed by atoms with Crippen LogP contribution >= 0.6 is 0 Å². The third-order valence-corrected chi connectivity index (χ3v) is 2.17. The number of para-hydroxylation sites is 1. The molecule has 0 aliphatic heterocycles. The first-order valence-electron chi connectivity index (χ1n) is 4.96. The van der Waals surface area contributed by atoms with Gasteiger partial charge in [0.25, 0.3) is 0 Å². The Morgan fingerprint density at radius 1 is 1.44 bits per heavy atom. The first-order chi connectivity index (χ1) is 7.52. The van der Waals surface area contributed by atoms with Crippen LogP contribution in [0.3, 0.4) is 0 Å². The first-order valence-corrected chi connectivity index (χ1v) is 4.96. The molecule has 16 heavy (non-hydrogen) atoms. The van der Waals surface area contributed by atoms with E-state index in [1.807, 2.05) is 0 Å². The van der Waals surface area contributed by atoms with Crippen LogP contribution < -0.4 is 5.32 Å². The zero-order valence-corrected chi connectivity index (χ0v) is 9.16. The van der Waals surface area contributed by atoms with Gasteiger partial charge in [0.1, 0.15) is 0 Å². The average Bonchev–Trinajstić information content (AvgIpc) is 2.24. The average molecular weight is 221 g/mol. The summed E-state index contributed by atoms with van der Waals surface area (Å²) in [7, 11) is 0. The van der Waals surface area contributed by atoms with E-state index in [0.29, 0.717) is 24.1 Å². The highest BCUT2D eigenvalue weighted by Gasteiger charge is 2.06. The van der Waals surface area contributed by atoms with Crippen molar-refractivity contribution in [2.75, 3.05) is 6.54 Å². The monoisotopic (exact) mass is 221 g/mol. The second-order valence-electron chi connectivity index (χ2n) is 3.57. The summed E-state index contributed by atoms with van der Waals surface area (Å²) in [6, 6.07) is 4.75. The number of amides is 1. The number of hydrogen-bond donors (Lipinski definition) is 3. The van der Waals surface area contributed by atoms with Gasteiger partial charge in [-0.25, -0.2) is 0 Å². The zero-order chi connectivity index (χ0) is 12.1. The SMILES string of the molecule is C=C(C)C(=O)NCCc1cccc(O)c1O. The van der Waals surface area contributed by atoms with Crippen LogP contribution in [0.2, 0.25) is 0 Å². The van der Waals surface area contributed by atoms with Gasteiger partial charge in [-0.2, -0.15) is 0 Å². The standard InChI is InChI=1S/C12H15NO3/c1-8(2)12(16)13-7-6-9-4-3-5-10(14)11(9)15/h3-5,14-15H,1,6-7H2,2H3,(H,13,16). The molecule has 0 atom stereocenters. The summed E-state index contributed by atoms with van der Waals surface area (Å²) in [6.07, 6.45) is 0.458. The van der Waals surface area contributed by atoms with Gasteiger partial charge in [0.15, 0.2) is 11.5 Å². The third kappa shape index (κ3) is 3.02. The number of hydrogen-bond acceptors (Lipinski definition) is 3. The molecule has 0 unspecified atom stereocenters. The van der Waals surface area contributed by atoms with Crippen molar-refractivity contribution in [1.29, 1.82) is 0 Å². The summed E-state index contributed by atoms with van der Waals surface area (Å²) >= 11 is 0. The van der Waals surface area contributed by atoms with E-state index >= 15 is 0 Å². The number of nitrogens with one attached hydrogen (secondary N) is 1. The summed E-state index contributed by atoms with van der Waals surface area (Å²) < 4.78 is 0. The molecule has 1 aromatic rings. The lowest BCUT2D eigenvalue weighted by molar-refractivity contribution is -0.117. The molecular weight excluding hydrogens is 206 g/mol. The van der Waals surface area contributed by atoms with Gasteiger partial charge in [-0.05, 0) is 25.0 Å². The summed E-state index contributed by atoms with van der Waals surface area (Å²) in [5.74, 6) is -0.490. The maximum atomic E-state index is 11.2. The van der Waals surface area contributed by atoms with Crippen LogP contribution in [0.5, 0.6) is 11.5 Å². The molecule has 0 fully saturated rings. The molecule has 0 heterocycles. The van der Waals surface area contributed by atoms with Gasteiger partial charge in [0.2, 0.25) is 5.91 Å². The predicted octanol–water partition coefficient (Wildman–Crippen LogP) is 1.33. The Bertz CT molecular complexity index is 413. The van der Waals surface area contributed by atoms with Crippen LogP contribution in [0.1, 0.15) is 12.5 Å². The van der Waals surface area contributed by atoms with Gasteiger partial charge in [0, 0.05) is 12.1 Å². The Hall–Kier alpha value is -1.97. The number of rotatable bonds is 4. The van der Waals surface area contributed by atoms with Gasteiger partial charge >= 0.3 is 0 Å². The zero-order valence-electron chi connectivity index (χ0n) is 9.16. The molecule has 0 bridgehead atoms. The van der Waals surface area contributed by atoms with E-state index in [9.17, 15) is 15.0 Å². The van der Waals surface area contributed by atoms with Crippen molar-refractivity contribution >= 4 is 5.91 Å². The molecule has 0 radical (unpaired) electrons. The van der Waals surface area contributed by atoms with E-state index < -0.39 is 0 Å². The molecule has 0 saturated carbocycles.